The zero-order valence-electron chi connectivity index (χ0n) is 11.4. The van der Waals surface area contributed by atoms with Gasteiger partial charge in [-0.15, -0.1) is 11.6 Å². The molecule has 5 heteroatoms. The number of nitrogens with one attached hydrogen (secondary N) is 1. The van der Waals surface area contributed by atoms with Crippen molar-refractivity contribution >= 4 is 34.9 Å². The first kappa shape index (κ1) is 14.2. The zero-order chi connectivity index (χ0) is 15.0. The summed E-state index contributed by atoms with van der Waals surface area (Å²) in [5.41, 5.74) is 3.74. The number of amides is 2. The van der Waals surface area contributed by atoms with E-state index in [1.54, 1.807) is 11.9 Å². The summed E-state index contributed by atoms with van der Waals surface area (Å²) in [5.74, 6) is 0. The topological polar surface area (TPSA) is 32.3 Å². The number of benzene rings is 2. The Bertz CT molecular complexity index is 702. The fraction of sp³-hybridized carbons (Fsp3) is 0.188. The number of carbonyl (C=O) groups is 1. The Hall–Kier alpha value is -1.71. The number of halogens is 2. The Kier molecular flexibility index (Phi) is 3.79. The van der Waals surface area contributed by atoms with Crippen LogP contribution < -0.4 is 5.32 Å². The van der Waals surface area contributed by atoms with E-state index >= 15 is 0 Å². The molecule has 1 heterocycles. The van der Waals surface area contributed by atoms with Gasteiger partial charge in [0.15, 0.2) is 0 Å². The van der Waals surface area contributed by atoms with Crippen molar-refractivity contribution in [1.29, 1.82) is 0 Å². The number of nitrogens with zero attached hydrogens (tertiary/aromatic N) is 1. The van der Waals surface area contributed by atoms with Crippen LogP contribution in [-0.2, 0) is 6.54 Å². The van der Waals surface area contributed by atoms with E-state index in [2.05, 4.69) is 5.32 Å². The highest BCUT2D eigenvalue weighted by molar-refractivity contribution is 6.33. The molecule has 1 aliphatic rings. The van der Waals surface area contributed by atoms with Gasteiger partial charge < -0.3 is 10.2 Å². The molecule has 2 aromatic carbocycles. The van der Waals surface area contributed by atoms with E-state index in [1.807, 2.05) is 42.5 Å². The van der Waals surface area contributed by atoms with Gasteiger partial charge in [-0.1, -0.05) is 41.9 Å². The smallest absolute Gasteiger partial charge is 0.321 e. The summed E-state index contributed by atoms with van der Waals surface area (Å²) >= 11 is 12.8. The molecule has 0 fully saturated rings. The molecule has 1 atom stereocenters. The van der Waals surface area contributed by atoms with E-state index in [0.717, 1.165) is 22.4 Å². The van der Waals surface area contributed by atoms with Crippen LogP contribution in [0.2, 0.25) is 5.02 Å². The Morgan fingerprint density at radius 3 is 2.76 bits per heavy atom. The number of urea groups is 1. The molecule has 3 rings (SSSR count). The van der Waals surface area contributed by atoms with Crippen molar-refractivity contribution in [1.82, 2.24) is 4.90 Å². The number of carbonyl (C=O) groups excluding carboxylic acids is 1. The van der Waals surface area contributed by atoms with Crippen LogP contribution in [0.3, 0.4) is 0 Å². The van der Waals surface area contributed by atoms with Gasteiger partial charge in [0.2, 0.25) is 0 Å². The quantitative estimate of drug-likeness (QED) is 0.803. The van der Waals surface area contributed by atoms with Crippen molar-refractivity contribution in [3.63, 3.8) is 0 Å². The predicted molar refractivity (Wildman–Crippen MR) is 86.1 cm³/mol. The van der Waals surface area contributed by atoms with Gasteiger partial charge in [0.25, 0.3) is 0 Å². The van der Waals surface area contributed by atoms with Gasteiger partial charge in [0.05, 0.1) is 5.38 Å². The molecule has 0 saturated heterocycles. The van der Waals surface area contributed by atoms with Crippen LogP contribution in [0.1, 0.15) is 22.1 Å². The first-order valence-electron chi connectivity index (χ1n) is 6.59. The normalized spacial score (nSPS) is 15.4. The minimum absolute atomic E-state index is 0.0937. The molecule has 0 bridgehead atoms. The molecular weight excluding hydrogens is 307 g/mol. The fourth-order valence-electron chi connectivity index (χ4n) is 2.42. The number of hydrogen-bond donors (Lipinski definition) is 1. The van der Waals surface area contributed by atoms with E-state index in [1.165, 1.54) is 0 Å². The van der Waals surface area contributed by atoms with Gasteiger partial charge in [-0.3, -0.25) is 0 Å². The average molecular weight is 321 g/mol. The molecule has 2 aromatic rings. The number of anilines is 1. The highest BCUT2D eigenvalue weighted by atomic mass is 35.5. The third kappa shape index (κ3) is 2.71. The fourth-order valence-corrected chi connectivity index (χ4v) is 3.05. The third-order valence-electron chi connectivity index (χ3n) is 3.60. The van der Waals surface area contributed by atoms with Gasteiger partial charge in [-0.25, -0.2) is 4.79 Å². The molecule has 1 unspecified atom stereocenters. The lowest BCUT2D eigenvalue weighted by Crippen LogP contribution is -2.35. The molecule has 2 amide bonds. The highest BCUT2D eigenvalue weighted by Gasteiger charge is 2.21. The Morgan fingerprint density at radius 1 is 1.24 bits per heavy atom. The van der Waals surface area contributed by atoms with Crippen LogP contribution >= 0.6 is 23.2 Å². The second kappa shape index (κ2) is 5.58. The summed E-state index contributed by atoms with van der Waals surface area (Å²) in [4.78, 5) is 13.2. The van der Waals surface area contributed by atoms with Crippen LogP contribution in [0.25, 0.3) is 0 Å². The molecule has 1 N–H and O–H groups in total. The molecule has 21 heavy (non-hydrogen) atoms. The van der Waals surface area contributed by atoms with Crippen molar-refractivity contribution in [2.75, 3.05) is 12.4 Å². The Balaban J connectivity index is 1.96. The average Bonchev–Trinajstić information content (AvgIpc) is 2.48. The highest BCUT2D eigenvalue weighted by Crippen LogP contribution is 2.35. The lowest BCUT2D eigenvalue weighted by Gasteiger charge is -2.26. The van der Waals surface area contributed by atoms with Crippen LogP contribution in [-0.4, -0.2) is 18.0 Å². The molecular formula is C16H14Cl2N2O. The van der Waals surface area contributed by atoms with Gasteiger partial charge >= 0.3 is 6.03 Å². The maximum absolute atomic E-state index is 11.6. The zero-order valence-corrected chi connectivity index (χ0v) is 12.9. The van der Waals surface area contributed by atoms with E-state index in [-0.39, 0.29) is 11.4 Å². The minimum Gasteiger partial charge on any atom is -0.323 e. The van der Waals surface area contributed by atoms with Crippen LogP contribution in [0.15, 0.2) is 42.5 Å². The summed E-state index contributed by atoms with van der Waals surface area (Å²) in [6.07, 6.45) is 0. The second-order valence-corrected chi connectivity index (χ2v) is 5.93. The molecule has 0 radical (unpaired) electrons. The maximum atomic E-state index is 11.6. The lowest BCUT2D eigenvalue weighted by atomic mass is 10.00. The summed E-state index contributed by atoms with van der Waals surface area (Å²) in [5, 5.41) is 3.19. The van der Waals surface area contributed by atoms with Gasteiger partial charge in [0.1, 0.15) is 0 Å². The van der Waals surface area contributed by atoms with E-state index in [0.29, 0.717) is 11.6 Å². The third-order valence-corrected chi connectivity index (χ3v) is 4.43. The van der Waals surface area contributed by atoms with Crippen molar-refractivity contribution in [2.45, 2.75) is 11.9 Å². The summed E-state index contributed by atoms with van der Waals surface area (Å²) in [7, 11) is 1.76. The van der Waals surface area contributed by atoms with Crippen LogP contribution in [0.4, 0.5) is 10.5 Å². The van der Waals surface area contributed by atoms with Gasteiger partial charge in [-0.05, 0) is 28.8 Å². The largest absolute Gasteiger partial charge is 0.323 e. The maximum Gasteiger partial charge on any atom is 0.321 e. The number of hydrogen-bond acceptors (Lipinski definition) is 1. The van der Waals surface area contributed by atoms with E-state index in [4.69, 9.17) is 23.2 Å². The summed E-state index contributed by atoms with van der Waals surface area (Å²) in [6.45, 7) is 0.571. The van der Waals surface area contributed by atoms with Crippen molar-refractivity contribution in [3.05, 3.63) is 64.2 Å². The van der Waals surface area contributed by atoms with Crippen LogP contribution in [0, 0.1) is 0 Å². The van der Waals surface area contributed by atoms with E-state index in [9.17, 15) is 4.79 Å². The van der Waals surface area contributed by atoms with E-state index < -0.39 is 0 Å². The first-order valence-corrected chi connectivity index (χ1v) is 7.41. The molecule has 0 aliphatic carbocycles. The lowest BCUT2D eigenvalue weighted by molar-refractivity contribution is 0.218. The van der Waals surface area contributed by atoms with Gasteiger partial charge in [0, 0.05) is 24.3 Å². The summed E-state index contributed by atoms with van der Waals surface area (Å²) in [6, 6.07) is 13.3. The van der Waals surface area contributed by atoms with Crippen molar-refractivity contribution < 1.29 is 4.79 Å². The molecule has 0 aromatic heterocycles. The SMILES string of the molecule is CN1Cc2cc(C(Cl)c3ccccc3Cl)ccc2NC1=O. The standard InChI is InChI=1S/C16H14Cl2N2O/c1-20-9-11-8-10(6-7-14(11)19-16(20)21)15(18)12-4-2-3-5-13(12)17/h2-8,15H,9H2,1H3,(H,19,21). The van der Waals surface area contributed by atoms with Crippen LogP contribution in [0.5, 0.6) is 0 Å². The van der Waals surface area contributed by atoms with Crippen molar-refractivity contribution in [2.24, 2.45) is 0 Å². The molecule has 3 nitrogen and oxygen atoms in total. The number of fused-ring (bicyclic) bond motifs is 1. The number of rotatable bonds is 2. The molecule has 108 valence electrons. The first-order chi connectivity index (χ1) is 10.1. The minimum atomic E-state index is -0.313. The molecule has 1 aliphatic heterocycles. The van der Waals surface area contributed by atoms with Crippen molar-refractivity contribution in [3.8, 4) is 0 Å². The monoisotopic (exact) mass is 320 g/mol. The summed E-state index contributed by atoms with van der Waals surface area (Å²) < 4.78 is 0. The Morgan fingerprint density at radius 2 is 2.00 bits per heavy atom. The Labute approximate surface area is 133 Å². The second-order valence-electron chi connectivity index (χ2n) is 5.09. The van der Waals surface area contributed by atoms with Gasteiger partial charge in [-0.2, -0.15) is 0 Å². The molecule has 0 spiro atoms. The predicted octanol–water partition coefficient (Wildman–Crippen LogP) is 4.65. The molecule has 0 saturated carbocycles. The number of alkyl halides is 1.